The summed E-state index contributed by atoms with van der Waals surface area (Å²) in [5.41, 5.74) is 3.23. The van der Waals surface area contributed by atoms with Crippen LogP contribution in [0.15, 0.2) is 37.3 Å². The summed E-state index contributed by atoms with van der Waals surface area (Å²) >= 11 is 0. The van der Waals surface area contributed by atoms with Crippen molar-refractivity contribution in [2.75, 3.05) is 5.32 Å². The molecule has 0 radical (unpaired) electrons. The van der Waals surface area contributed by atoms with Gasteiger partial charge in [-0.1, -0.05) is 0 Å². The zero-order chi connectivity index (χ0) is 16.5. The second-order valence-corrected chi connectivity index (χ2v) is 5.28. The van der Waals surface area contributed by atoms with Crippen molar-refractivity contribution in [1.82, 2.24) is 39.1 Å². The molecular weight excluding hydrogens is 306 g/mol. The predicted molar refractivity (Wildman–Crippen MR) is 89.3 cm³/mol. The molecule has 0 aliphatic heterocycles. The summed E-state index contributed by atoms with van der Waals surface area (Å²) in [7, 11) is 0. The monoisotopic (exact) mass is 323 g/mol. The first kappa shape index (κ1) is 14.4. The lowest BCUT2D eigenvalue weighted by Crippen LogP contribution is -1.99. The van der Waals surface area contributed by atoms with Gasteiger partial charge in [0, 0.05) is 25.5 Å². The molecule has 1 N–H and O–H groups in total. The summed E-state index contributed by atoms with van der Waals surface area (Å²) in [4.78, 5) is 13.2. The third kappa shape index (κ3) is 2.49. The van der Waals surface area contributed by atoms with Crippen LogP contribution in [0.4, 0.5) is 11.6 Å². The fourth-order valence-corrected chi connectivity index (χ4v) is 2.44. The van der Waals surface area contributed by atoms with Crippen molar-refractivity contribution in [3.05, 3.63) is 37.3 Å². The van der Waals surface area contributed by atoms with Crippen LogP contribution in [-0.4, -0.2) is 39.1 Å². The molecule has 0 amide bonds. The van der Waals surface area contributed by atoms with Crippen molar-refractivity contribution in [1.29, 1.82) is 0 Å². The van der Waals surface area contributed by atoms with Gasteiger partial charge in [-0.05, 0) is 13.8 Å². The van der Waals surface area contributed by atoms with Gasteiger partial charge in [-0.3, -0.25) is 13.9 Å². The number of rotatable bonds is 5. The lowest BCUT2D eigenvalue weighted by Gasteiger charge is -2.03. The van der Waals surface area contributed by atoms with Crippen LogP contribution in [0.3, 0.4) is 0 Å². The summed E-state index contributed by atoms with van der Waals surface area (Å²) in [6.07, 6.45) is 10.9. The Balaban J connectivity index is 1.69. The molecule has 0 unspecified atom stereocenters. The van der Waals surface area contributed by atoms with Gasteiger partial charge in [0.1, 0.15) is 11.8 Å². The van der Waals surface area contributed by atoms with Crippen LogP contribution in [0.25, 0.3) is 16.9 Å². The van der Waals surface area contributed by atoms with E-state index in [1.54, 1.807) is 24.9 Å². The van der Waals surface area contributed by atoms with E-state index in [0.29, 0.717) is 5.95 Å². The quantitative estimate of drug-likeness (QED) is 0.604. The van der Waals surface area contributed by atoms with E-state index >= 15 is 0 Å². The van der Waals surface area contributed by atoms with Gasteiger partial charge in [0.25, 0.3) is 0 Å². The number of anilines is 2. The first-order valence-corrected chi connectivity index (χ1v) is 7.79. The first-order chi connectivity index (χ1) is 11.8. The molecule has 0 aliphatic carbocycles. The Morgan fingerprint density at radius 2 is 1.75 bits per heavy atom. The van der Waals surface area contributed by atoms with Crippen molar-refractivity contribution < 1.29 is 0 Å². The maximum absolute atomic E-state index is 4.58. The number of fused-ring (bicyclic) bond motifs is 1. The molecule has 4 rings (SSSR count). The molecule has 0 aromatic carbocycles. The number of nitrogens with zero attached hydrogens (tertiary/aromatic N) is 8. The van der Waals surface area contributed by atoms with Crippen LogP contribution in [0.1, 0.15) is 13.8 Å². The molecule has 0 bridgehead atoms. The van der Waals surface area contributed by atoms with E-state index in [-0.39, 0.29) is 0 Å². The molecule has 24 heavy (non-hydrogen) atoms. The third-order valence-corrected chi connectivity index (χ3v) is 3.73. The van der Waals surface area contributed by atoms with Gasteiger partial charge in [-0.15, -0.1) is 0 Å². The molecule has 0 spiro atoms. The molecule has 0 saturated heterocycles. The Morgan fingerprint density at radius 1 is 0.958 bits per heavy atom. The topological polar surface area (TPSA) is 91.3 Å². The molecule has 4 aromatic heterocycles. The van der Waals surface area contributed by atoms with Crippen LogP contribution in [0, 0.1) is 0 Å². The van der Waals surface area contributed by atoms with E-state index < -0.39 is 0 Å². The van der Waals surface area contributed by atoms with Crippen molar-refractivity contribution in [3.8, 4) is 5.69 Å². The summed E-state index contributed by atoms with van der Waals surface area (Å²) in [5.74, 6) is 0.503. The molecule has 0 atom stereocenters. The minimum atomic E-state index is 0.503. The zero-order valence-corrected chi connectivity index (χ0v) is 13.5. The van der Waals surface area contributed by atoms with E-state index in [4.69, 9.17) is 0 Å². The second-order valence-electron chi connectivity index (χ2n) is 5.28. The maximum Gasteiger partial charge on any atom is 0.229 e. The van der Waals surface area contributed by atoms with E-state index in [1.165, 1.54) is 0 Å². The largest absolute Gasteiger partial charge is 0.321 e. The van der Waals surface area contributed by atoms with Crippen LogP contribution in [0.5, 0.6) is 0 Å². The lowest BCUT2D eigenvalue weighted by atomic mass is 10.5. The first-order valence-electron chi connectivity index (χ1n) is 7.79. The van der Waals surface area contributed by atoms with E-state index in [0.717, 1.165) is 35.6 Å². The smallest absolute Gasteiger partial charge is 0.229 e. The van der Waals surface area contributed by atoms with E-state index in [2.05, 4.69) is 30.5 Å². The maximum atomic E-state index is 4.58. The summed E-state index contributed by atoms with van der Waals surface area (Å²) in [6.45, 7) is 5.71. The number of hydrogen-bond acceptors (Lipinski definition) is 6. The highest BCUT2D eigenvalue weighted by atomic mass is 15.3. The molecule has 0 fully saturated rings. The second kappa shape index (κ2) is 5.76. The van der Waals surface area contributed by atoms with Gasteiger partial charge < -0.3 is 5.32 Å². The Morgan fingerprint density at radius 3 is 2.50 bits per heavy atom. The van der Waals surface area contributed by atoms with Gasteiger partial charge in [0.15, 0.2) is 5.65 Å². The van der Waals surface area contributed by atoms with Crippen LogP contribution >= 0.6 is 0 Å². The molecule has 9 nitrogen and oxygen atoms in total. The average Bonchev–Trinajstić information content (AvgIpc) is 3.33. The highest BCUT2D eigenvalue weighted by Crippen LogP contribution is 2.18. The third-order valence-electron chi connectivity index (χ3n) is 3.73. The van der Waals surface area contributed by atoms with E-state index in [9.17, 15) is 0 Å². The minimum Gasteiger partial charge on any atom is -0.321 e. The molecule has 122 valence electrons. The van der Waals surface area contributed by atoms with Crippen LogP contribution < -0.4 is 5.32 Å². The number of hydrogen-bond donors (Lipinski definition) is 1. The van der Waals surface area contributed by atoms with E-state index in [1.807, 2.05) is 40.2 Å². The van der Waals surface area contributed by atoms with Gasteiger partial charge in [-0.25, -0.2) is 9.97 Å². The summed E-state index contributed by atoms with van der Waals surface area (Å²) in [6, 6.07) is 0. The minimum absolute atomic E-state index is 0.503. The Hall–Kier alpha value is -3.23. The lowest BCUT2D eigenvalue weighted by molar-refractivity contribution is 0.659. The molecule has 0 saturated carbocycles. The number of aromatic nitrogens is 8. The van der Waals surface area contributed by atoms with Gasteiger partial charge in [0.2, 0.25) is 5.95 Å². The van der Waals surface area contributed by atoms with Crippen LogP contribution in [-0.2, 0) is 13.1 Å². The molecule has 9 heteroatoms. The predicted octanol–water partition coefficient (Wildman–Crippen LogP) is 1.99. The van der Waals surface area contributed by atoms with Gasteiger partial charge in [0.05, 0.1) is 30.0 Å². The van der Waals surface area contributed by atoms with Crippen molar-refractivity contribution in [2.24, 2.45) is 0 Å². The normalized spacial score (nSPS) is 11.2. The van der Waals surface area contributed by atoms with Crippen LogP contribution in [0.2, 0.25) is 0 Å². The molecule has 0 aliphatic rings. The number of nitrogens with one attached hydrogen (secondary N) is 1. The summed E-state index contributed by atoms with van der Waals surface area (Å²) < 4.78 is 5.60. The highest BCUT2D eigenvalue weighted by molar-refractivity contribution is 5.73. The molecule has 4 aromatic rings. The van der Waals surface area contributed by atoms with Crippen molar-refractivity contribution in [3.63, 3.8) is 0 Å². The van der Waals surface area contributed by atoms with Gasteiger partial charge >= 0.3 is 0 Å². The molecule has 4 heterocycles. The van der Waals surface area contributed by atoms with Crippen molar-refractivity contribution >= 4 is 22.8 Å². The fourth-order valence-electron chi connectivity index (χ4n) is 2.44. The Labute approximate surface area is 138 Å². The Bertz CT molecular complexity index is 978. The Kier molecular flexibility index (Phi) is 3.45. The highest BCUT2D eigenvalue weighted by Gasteiger charge is 2.10. The standard InChI is InChI=1S/C15H17N9/c1-3-22-8-11(5-18-22)20-15-16-7-13-14(21-15)24(10-17-13)12-6-19-23(4-2)9-12/h5-10H,3-4H2,1-2H3,(H,16,20,21). The fraction of sp³-hybridized carbons (Fsp3) is 0.267. The SMILES string of the molecule is CCn1cc(Nc2ncc3ncn(-c4cnn(CC)c4)c3n2)cn1. The van der Waals surface area contributed by atoms with Gasteiger partial charge in [-0.2, -0.15) is 15.2 Å². The van der Waals surface area contributed by atoms with Crippen molar-refractivity contribution in [2.45, 2.75) is 26.9 Å². The zero-order valence-electron chi connectivity index (χ0n) is 13.5. The molecular formula is C15H17N9. The summed E-state index contributed by atoms with van der Waals surface area (Å²) in [5, 5.41) is 11.7. The number of imidazole rings is 1. The number of aryl methyl sites for hydroxylation is 2. The average molecular weight is 323 g/mol.